The highest BCUT2D eigenvalue weighted by molar-refractivity contribution is 8.00. The Labute approximate surface area is 172 Å². The lowest BCUT2D eigenvalue weighted by molar-refractivity contribution is -0.124. The minimum atomic E-state index is -0.658. The van der Waals surface area contributed by atoms with Gasteiger partial charge in [0.05, 0.1) is 17.9 Å². The molecule has 29 heavy (non-hydrogen) atoms. The van der Waals surface area contributed by atoms with Gasteiger partial charge in [-0.2, -0.15) is 0 Å². The molecule has 2 N–H and O–H groups in total. The van der Waals surface area contributed by atoms with Gasteiger partial charge in [-0.25, -0.2) is 9.18 Å². The van der Waals surface area contributed by atoms with Crippen molar-refractivity contribution in [3.05, 3.63) is 59.9 Å². The molecule has 0 saturated carbocycles. The molecule has 9 heteroatoms. The summed E-state index contributed by atoms with van der Waals surface area (Å²) in [4.78, 5) is 36.5. The fourth-order valence-corrected chi connectivity index (χ4v) is 3.03. The van der Waals surface area contributed by atoms with Crippen LogP contribution < -0.4 is 10.6 Å². The molecule has 0 bridgehead atoms. The Kier molecular flexibility index (Phi) is 9.13. The van der Waals surface area contributed by atoms with E-state index in [9.17, 15) is 18.8 Å². The Morgan fingerprint density at radius 1 is 1.03 bits per heavy atom. The topological polar surface area (TPSA) is 93.7 Å². The molecule has 0 saturated heterocycles. The Bertz CT molecular complexity index is 845. The molecule has 154 valence electrons. The second-order valence-corrected chi connectivity index (χ2v) is 6.78. The number of rotatable bonds is 10. The summed E-state index contributed by atoms with van der Waals surface area (Å²) in [5.74, 6) is -1.74. The van der Waals surface area contributed by atoms with Crippen LogP contribution >= 0.6 is 11.8 Å². The monoisotopic (exact) mass is 420 g/mol. The van der Waals surface area contributed by atoms with E-state index in [1.165, 1.54) is 31.4 Å². The van der Waals surface area contributed by atoms with Crippen molar-refractivity contribution in [2.24, 2.45) is 0 Å². The van der Waals surface area contributed by atoms with Gasteiger partial charge in [-0.05, 0) is 36.4 Å². The van der Waals surface area contributed by atoms with E-state index in [-0.39, 0.29) is 17.2 Å². The molecule has 0 aromatic heterocycles. The third-order valence-corrected chi connectivity index (χ3v) is 4.63. The average molecular weight is 420 g/mol. The van der Waals surface area contributed by atoms with Gasteiger partial charge in [-0.3, -0.25) is 9.59 Å². The molecular weight excluding hydrogens is 399 g/mol. The third kappa shape index (κ3) is 7.92. The van der Waals surface area contributed by atoms with Crippen molar-refractivity contribution >= 4 is 35.2 Å². The maximum atomic E-state index is 12.9. The number of amides is 2. The Morgan fingerprint density at radius 2 is 1.76 bits per heavy atom. The molecule has 0 atom stereocenters. The van der Waals surface area contributed by atoms with Gasteiger partial charge in [0.25, 0.3) is 5.91 Å². The predicted octanol–water partition coefficient (Wildman–Crippen LogP) is 2.48. The van der Waals surface area contributed by atoms with Gasteiger partial charge in [0.15, 0.2) is 6.61 Å². The van der Waals surface area contributed by atoms with Gasteiger partial charge < -0.3 is 20.1 Å². The number of carbonyl (C=O) groups is 3. The maximum absolute atomic E-state index is 12.9. The second-order valence-electron chi connectivity index (χ2n) is 5.76. The number of halogens is 1. The fourth-order valence-electron chi connectivity index (χ4n) is 2.19. The standard InChI is InChI=1S/C20H21FN2O5S/c1-27-11-10-22-18(24)12-28-20(26)16-4-2-3-5-17(16)29-13-19(25)23-15-8-6-14(21)7-9-15/h2-9H,10-13H2,1H3,(H,22,24)(H,23,25). The largest absolute Gasteiger partial charge is 0.452 e. The summed E-state index contributed by atoms with van der Waals surface area (Å²) < 4.78 is 22.8. The van der Waals surface area contributed by atoms with E-state index in [0.29, 0.717) is 23.7 Å². The number of hydrogen-bond acceptors (Lipinski definition) is 6. The third-order valence-electron chi connectivity index (χ3n) is 3.56. The van der Waals surface area contributed by atoms with Gasteiger partial charge >= 0.3 is 5.97 Å². The number of thioether (sulfide) groups is 1. The van der Waals surface area contributed by atoms with Crippen LogP contribution in [0.1, 0.15) is 10.4 Å². The zero-order valence-electron chi connectivity index (χ0n) is 15.8. The SMILES string of the molecule is COCCNC(=O)COC(=O)c1ccccc1SCC(=O)Nc1ccc(F)cc1. The van der Waals surface area contributed by atoms with Crippen LogP contribution in [-0.4, -0.2) is 50.4 Å². The first kappa shape index (κ1) is 22.4. The average Bonchev–Trinajstić information content (AvgIpc) is 2.72. The first-order chi connectivity index (χ1) is 14.0. The van der Waals surface area contributed by atoms with Gasteiger partial charge in [-0.1, -0.05) is 12.1 Å². The van der Waals surface area contributed by atoms with Crippen LogP contribution in [0.2, 0.25) is 0 Å². The van der Waals surface area contributed by atoms with Crippen LogP contribution in [0.5, 0.6) is 0 Å². The minimum absolute atomic E-state index is 0.0408. The Hall–Kier alpha value is -2.91. The number of carbonyl (C=O) groups excluding carboxylic acids is 3. The van der Waals surface area contributed by atoms with Crippen LogP contribution in [0.15, 0.2) is 53.4 Å². The lowest BCUT2D eigenvalue weighted by Gasteiger charge is -2.10. The van der Waals surface area contributed by atoms with Crippen LogP contribution in [0, 0.1) is 5.82 Å². The number of ether oxygens (including phenoxy) is 2. The van der Waals surface area contributed by atoms with Crippen molar-refractivity contribution < 1.29 is 28.2 Å². The molecule has 0 aliphatic rings. The van der Waals surface area contributed by atoms with E-state index in [2.05, 4.69) is 10.6 Å². The Balaban J connectivity index is 1.87. The molecule has 0 fully saturated rings. The van der Waals surface area contributed by atoms with E-state index in [1.807, 2.05) is 0 Å². The first-order valence-electron chi connectivity index (χ1n) is 8.69. The van der Waals surface area contributed by atoms with Gasteiger partial charge in [0.2, 0.25) is 5.91 Å². The summed E-state index contributed by atoms with van der Waals surface area (Å²) in [7, 11) is 1.51. The van der Waals surface area contributed by atoms with E-state index in [1.54, 1.807) is 24.3 Å². The predicted molar refractivity (Wildman–Crippen MR) is 107 cm³/mol. The first-order valence-corrected chi connectivity index (χ1v) is 9.68. The lowest BCUT2D eigenvalue weighted by atomic mass is 10.2. The summed E-state index contributed by atoms with van der Waals surface area (Å²) in [5.41, 5.74) is 0.737. The highest BCUT2D eigenvalue weighted by atomic mass is 32.2. The number of hydrogen-bond donors (Lipinski definition) is 2. The number of anilines is 1. The normalized spacial score (nSPS) is 10.3. The van der Waals surface area contributed by atoms with Crippen molar-refractivity contribution in [1.82, 2.24) is 5.32 Å². The summed E-state index contributed by atoms with van der Waals surface area (Å²) in [5, 5.41) is 5.20. The molecule has 0 spiro atoms. The summed E-state index contributed by atoms with van der Waals surface area (Å²) in [6.45, 7) is 0.272. The maximum Gasteiger partial charge on any atom is 0.339 e. The summed E-state index contributed by atoms with van der Waals surface area (Å²) in [6.07, 6.45) is 0. The van der Waals surface area contributed by atoms with Gasteiger partial charge in [0, 0.05) is 24.2 Å². The molecule has 0 heterocycles. The van der Waals surface area contributed by atoms with E-state index < -0.39 is 24.3 Å². The Morgan fingerprint density at radius 3 is 2.48 bits per heavy atom. The van der Waals surface area contributed by atoms with Crippen molar-refractivity contribution in [3.8, 4) is 0 Å². The molecular formula is C20H21FN2O5S. The highest BCUT2D eigenvalue weighted by Gasteiger charge is 2.15. The highest BCUT2D eigenvalue weighted by Crippen LogP contribution is 2.23. The smallest absolute Gasteiger partial charge is 0.339 e. The van der Waals surface area contributed by atoms with E-state index in [0.717, 1.165) is 11.8 Å². The van der Waals surface area contributed by atoms with Crippen LogP contribution in [0.25, 0.3) is 0 Å². The number of benzene rings is 2. The van der Waals surface area contributed by atoms with Crippen molar-refractivity contribution in [3.63, 3.8) is 0 Å². The minimum Gasteiger partial charge on any atom is -0.452 e. The molecule has 2 aromatic rings. The molecule has 7 nitrogen and oxygen atoms in total. The summed E-state index contributed by atoms with van der Waals surface area (Å²) >= 11 is 1.15. The molecule has 2 amide bonds. The lowest BCUT2D eigenvalue weighted by Crippen LogP contribution is -2.31. The van der Waals surface area contributed by atoms with E-state index in [4.69, 9.17) is 9.47 Å². The van der Waals surface area contributed by atoms with Crippen molar-refractivity contribution in [1.29, 1.82) is 0 Å². The van der Waals surface area contributed by atoms with Crippen LogP contribution in [0.4, 0.5) is 10.1 Å². The zero-order chi connectivity index (χ0) is 21.1. The molecule has 0 aliphatic heterocycles. The molecule has 0 radical (unpaired) electrons. The summed E-state index contributed by atoms with van der Waals surface area (Å²) in [6, 6.07) is 12.1. The van der Waals surface area contributed by atoms with Crippen LogP contribution in [-0.2, 0) is 19.1 Å². The van der Waals surface area contributed by atoms with Crippen molar-refractivity contribution in [2.45, 2.75) is 4.90 Å². The number of nitrogens with one attached hydrogen (secondary N) is 2. The number of methoxy groups -OCH3 is 1. The molecule has 0 unspecified atom stereocenters. The van der Waals surface area contributed by atoms with Crippen LogP contribution in [0.3, 0.4) is 0 Å². The molecule has 0 aliphatic carbocycles. The van der Waals surface area contributed by atoms with Crippen molar-refractivity contribution in [2.75, 3.05) is 37.9 Å². The quantitative estimate of drug-likeness (QED) is 0.348. The molecule has 2 rings (SSSR count). The van der Waals surface area contributed by atoms with Gasteiger partial charge in [-0.15, -0.1) is 11.8 Å². The molecule has 2 aromatic carbocycles. The zero-order valence-corrected chi connectivity index (χ0v) is 16.6. The van der Waals surface area contributed by atoms with E-state index >= 15 is 0 Å². The second kappa shape index (κ2) is 11.8. The van der Waals surface area contributed by atoms with Gasteiger partial charge in [0.1, 0.15) is 5.82 Å². The number of esters is 1. The fraction of sp³-hybridized carbons (Fsp3) is 0.250.